The number of rotatable bonds is 7. The fourth-order valence-electron chi connectivity index (χ4n) is 1.96. The number of halogens is 1. The summed E-state index contributed by atoms with van der Waals surface area (Å²) >= 11 is 1.78. The summed E-state index contributed by atoms with van der Waals surface area (Å²) in [5.74, 6) is 2.06. The van der Waals surface area contributed by atoms with Crippen molar-refractivity contribution in [1.82, 2.24) is 9.55 Å². The van der Waals surface area contributed by atoms with Gasteiger partial charge in [-0.2, -0.15) is 0 Å². The van der Waals surface area contributed by atoms with Gasteiger partial charge < -0.3 is 4.57 Å². The molecular formula is C15H19FN2S. The number of aryl methyl sites for hydroxylation is 2. The van der Waals surface area contributed by atoms with Crippen LogP contribution in [0.15, 0.2) is 41.6 Å². The predicted molar refractivity (Wildman–Crippen MR) is 78.0 cm³/mol. The van der Waals surface area contributed by atoms with Crippen LogP contribution in [-0.2, 0) is 13.0 Å². The van der Waals surface area contributed by atoms with Gasteiger partial charge in [0.25, 0.3) is 0 Å². The van der Waals surface area contributed by atoms with Crippen LogP contribution in [0, 0.1) is 5.82 Å². The van der Waals surface area contributed by atoms with E-state index in [4.69, 9.17) is 0 Å². The molecule has 0 aliphatic rings. The summed E-state index contributed by atoms with van der Waals surface area (Å²) in [4.78, 5) is 5.45. The molecule has 0 aliphatic heterocycles. The number of hydrogen-bond donors (Lipinski definition) is 0. The van der Waals surface area contributed by atoms with Gasteiger partial charge in [0.15, 0.2) is 0 Å². The molecule has 19 heavy (non-hydrogen) atoms. The van der Waals surface area contributed by atoms with Crippen LogP contribution in [0.4, 0.5) is 4.39 Å². The molecule has 1 aromatic heterocycles. The van der Waals surface area contributed by atoms with Crippen LogP contribution in [0.2, 0.25) is 0 Å². The lowest BCUT2D eigenvalue weighted by molar-refractivity contribution is 0.608. The average molecular weight is 278 g/mol. The Labute approximate surface area is 118 Å². The Morgan fingerprint density at radius 2 is 2.00 bits per heavy atom. The normalized spacial score (nSPS) is 10.8. The van der Waals surface area contributed by atoms with Crippen LogP contribution in [0.1, 0.15) is 25.6 Å². The summed E-state index contributed by atoms with van der Waals surface area (Å²) in [6.45, 7) is 3.16. The third kappa shape index (κ3) is 4.39. The summed E-state index contributed by atoms with van der Waals surface area (Å²) in [7, 11) is 0. The molecule has 4 heteroatoms. The molecule has 0 fully saturated rings. The van der Waals surface area contributed by atoms with Gasteiger partial charge in [-0.15, -0.1) is 11.8 Å². The molecule has 0 spiro atoms. The minimum absolute atomic E-state index is 0.170. The monoisotopic (exact) mass is 278 g/mol. The highest BCUT2D eigenvalue weighted by Gasteiger charge is 2.00. The molecule has 102 valence electrons. The average Bonchev–Trinajstić information content (AvgIpc) is 2.88. The van der Waals surface area contributed by atoms with E-state index in [2.05, 4.69) is 16.5 Å². The van der Waals surface area contributed by atoms with Crippen molar-refractivity contribution in [3.05, 3.63) is 48.3 Å². The van der Waals surface area contributed by atoms with Crippen molar-refractivity contribution in [2.45, 2.75) is 37.6 Å². The van der Waals surface area contributed by atoms with E-state index in [-0.39, 0.29) is 5.82 Å². The maximum Gasteiger partial charge on any atom is 0.123 e. The molecule has 0 amide bonds. The number of nitrogens with zero attached hydrogens (tertiary/aromatic N) is 2. The van der Waals surface area contributed by atoms with E-state index < -0.39 is 0 Å². The summed E-state index contributed by atoms with van der Waals surface area (Å²) < 4.78 is 15.0. The lowest BCUT2D eigenvalue weighted by Crippen LogP contribution is -2.02. The van der Waals surface area contributed by atoms with Crippen LogP contribution in [-0.4, -0.2) is 15.3 Å². The van der Waals surface area contributed by atoms with E-state index in [1.54, 1.807) is 11.8 Å². The second-order valence-electron chi connectivity index (χ2n) is 4.40. The van der Waals surface area contributed by atoms with Gasteiger partial charge in [-0.1, -0.05) is 6.92 Å². The minimum Gasteiger partial charge on any atom is -0.335 e. The predicted octanol–water partition coefficient (Wildman–Crippen LogP) is 4.16. The molecule has 2 rings (SSSR count). The van der Waals surface area contributed by atoms with Crippen molar-refractivity contribution in [3.63, 3.8) is 0 Å². The smallest absolute Gasteiger partial charge is 0.123 e. The van der Waals surface area contributed by atoms with Crippen molar-refractivity contribution in [2.75, 3.05) is 5.75 Å². The Morgan fingerprint density at radius 3 is 2.74 bits per heavy atom. The van der Waals surface area contributed by atoms with Gasteiger partial charge >= 0.3 is 0 Å². The molecule has 0 radical (unpaired) electrons. The topological polar surface area (TPSA) is 17.8 Å². The van der Waals surface area contributed by atoms with E-state index in [1.807, 2.05) is 24.5 Å². The molecule has 1 heterocycles. The summed E-state index contributed by atoms with van der Waals surface area (Å²) in [6, 6.07) is 6.71. The van der Waals surface area contributed by atoms with Gasteiger partial charge in [0, 0.05) is 30.3 Å². The lowest BCUT2D eigenvalue weighted by Gasteiger charge is -2.06. The second-order valence-corrected chi connectivity index (χ2v) is 5.57. The Hall–Kier alpha value is -1.29. The molecule has 0 saturated carbocycles. The Morgan fingerprint density at radius 1 is 1.21 bits per heavy atom. The summed E-state index contributed by atoms with van der Waals surface area (Å²) in [5.41, 5.74) is 0. The highest BCUT2D eigenvalue weighted by Crippen LogP contribution is 2.19. The van der Waals surface area contributed by atoms with Gasteiger partial charge in [-0.3, -0.25) is 0 Å². The van der Waals surface area contributed by atoms with Crippen molar-refractivity contribution < 1.29 is 4.39 Å². The maximum atomic E-state index is 12.7. The minimum atomic E-state index is -0.170. The lowest BCUT2D eigenvalue weighted by atomic mass is 10.3. The zero-order valence-electron chi connectivity index (χ0n) is 11.2. The van der Waals surface area contributed by atoms with Crippen molar-refractivity contribution in [2.24, 2.45) is 0 Å². The van der Waals surface area contributed by atoms with Gasteiger partial charge in [0.2, 0.25) is 0 Å². The van der Waals surface area contributed by atoms with Crippen LogP contribution < -0.4 is 0 Å². The fraction of sp³-hybridized carbons (Fsp3) is 0.400. The highest BCUT2D eigenvalue weighted by molar-refractivity contribution is 7.99. The van der Waals surface area contributed by atoms with Crippen molar-refractivity contribution in [3.8, 4) is 0 Å². The quantitative estimate of drug-likeness (QED) is 0.559. The fourth-order valence-corrected chi connectivity index (χ4v) is 2.88. The first-order chi connectivity index (χ1) is 9.29. The van der Waals surface area contributed by atoms with Crippen molar-refractivity contribution in [1.29, 1.82) is 0 Å². The van der Waals surface area contributed by atoms with E-state index >= 15 is 0 Å². The molecule has 0 atom stereocenters. The number of hydrogen-bond acceptors (Lipinski definition) is 2. The van der Waals surface area contributed by atoms with Crippen LogP contribution in [0.3, 0.4) is 0 Å². The Balaban J connectivity index is 1.66. The number of unbranched alkanes of at least 4 members (excludes halogenated alkanes) is 1. The Kier molecular flexibility index (Phi) is 5.45. The molecular weight excluding hydrogens is 259 g/mol. The first-order valence-corrected chi connectivity index (χ1v) is 7.66. The molecule has 0 bridgehead atoms. The van der Waals surface area contributed by atoms with Crippen LogP contribution in [0.25, 0.3) is 0 Å². The number of aromatic nitrogens is 2. The highest BCUT2D eigenvalue weighted by atomic mass is 32.2. The number of imidazole rings is 1. The van der Waals surface area contributed by atoms with Gasteiger partial charge in [-0.25, -0.2) is 9.37 Å². The standard InChI is InChI=1S/C15H19FN2S/c1-2-15-17-9-11-18(15)10-3-4-12-19-14-7-5-13(16)6-8-14/h5-9,11H,2-4,10,12H2,1H3. The first-order valence-electron chi connectivity index (χ1n) is 6.68. The molecule has 0 saturated heterocycles. The first kappa shape index (κ1) is 14.1. The van der Waals surface area contributed by atoms with E-state index in [0.717, 1.165) is 42.3 Å². The molecule has 2 aromatic rings. The SMILES string of the molecule is CCc1nccn1CCCCSc1ccc(F)cc1. The Bertz CT molecular complexity index is 493. The molecule has 0 N–H and O–H groups in total. The summed E-state index contributed by atoms with van der Waals surface area (Å²) in [5, 5.41) is 0. The van der Waals surface area contributed by atoms with Gasteiger partial charge in [0.05, 0.1) is 0 Å². The van der Waals surface area contributed by atoms with E-state index in [1.165, 1.54) is 12.1 Å². The second kappa shape index (κ2) is 7.34. The third-order valence-corrected chi connectivity index (χ3v) is 4.09. The number of thioether (sulfide) groups is 1. The number of benzene rings is 1. The molecule has 2 nitrogen and oxygen atoms in total. The zero-order chi connectivity index (χ0) is 13.5. The third-order valence-electron chi connectivity index (χ3n) is 2.99. The molecule has 1 aromatic carbocycles. The zero-order valence-corrected chi connectivity index (χ0v) is 12.0. The largest absolute Gasteiger partial charge is 0.335 e. The van der Waals surface area contributed by atoms with E-state index in [0.29, 0.717) is 0 Å². The van der Waals surface area contributed by atoms with Crippen LogP contribution in [0.5, 0.6) is 0 Å². The van der Waals surface area contributed by atoms with Crippen LogP contribution >= 0.6 is 11.8 Å². The maximum absolute atomic E-state index is 12.7. The van der Waals surface area contributed by atoms with Crippen molar-refractivity contribution >= 4 is 11.8 Å². The summed E-state index contributed by atoms with van der Waals surface area (Å²) in [6.07, 6.45) is 7.20. The van der Waals surface area contributed by atoms with E-state index in [9.17, 15) is 4.39 Å². The molecule has 0 aliphatic carbocycles. The van der Waals surface area contributed by atoms with Gasteiger partial charge in [-0.05, 0) is 42.9 Å². The van der Waals surface area contributed by atoms with Gasteiger partial charge in [0.1, 0.15) is 11.6 Å². The molecule has 0 unspecified atom stereocenters.